The summed E-state index contributed by atoms with van der Waals surface area (Å²) in [4.78, 5) is 13.2. The van der Waals surface area contributed by atoms with Crippen molar-refractivity contribution in [1.82, 2.24) is 9.78 Å². The van der Waals surface area contributed by atoms with E-state index in [1.165, 1.54) is 22.2 Å². The number of nitrogens with zero attached hydrogens (tertiary/aromatic N) is 2. The fraction of sp³-hybridized carbons (Fsp3) is 0.385. The Hall–Kier alpha value is -1.67. The van der Waals surface area contributed by atoms with Crippen molar-refractivity contribution in [2.75, 3.05) is 12.0 Å². The molecule has 0 spiro atoms. The SMILES string of the molecule is CCc1ccc(-c2nn(CCS(C)(=O)=O)cc2C(=O)O)s1. The van der Waals surface area contributed by atoms with E-state index in [-0.39, 0.29) is 17.9 Å². The van der Waals surface area contributed by atoms with Gasteiger partial charge < -0.3 is 5.11 Å². The van der Waals surface area contributed by atoms with Gasteiger partial charge in [0.05, 0.1) is 17.2 Å². The van der Waals surface area contributed by atoms with E-state index in [2.05, 4.69) is 5.10 Å². The van der Waals surface area contributed by atoms with Crippen molar-refractivity contribution >= 4 is 27.1 Å². The Kier molecular flexibility index (Phi) is 4.48. The minimum absolute atomic E-state index is 0.0716. The molecule has 0 aliphatic rings. The molecular formula is C13H16N2O4S2. The molecule has 0 aliphatic heterocycles. The molecule has 2 heterocycles. The second-order valence-electron chi connectivity index (χ2n) is 4.71. The van der Waals surface area contributed by atoms with Gasteiger partial charge in [-0.2, -0.15) is 5.10 Å². The minimum atomic E-state index is -3.12. The average molecular weight is 328 g/mol. The highest BCUT2D eigenvalue weighted by Crippen LogP contribution is 2.30. The first-order valence-corrected chi connectivity index (χ1v) is 9.25. The molecule has 0 aromatic carbocycles. The smallest absolute Gasteiger partial charge is 0.339 e. The summed E-state index contributed by atoms with van der Waals surface area (Å²) < 4.78 is 23.8. The van der Waals surface area contributed by atoms with Crippen molar-refractivity contribution in [3.63, 3.8) is 0 Å². The lowest BCUT2D eigenvalue weighted by molar-refractivity contribution is 0.0697. The molecule has 2 aromatic heterocycles. The summed E-state index contributed by atoms with van der Waals surface area (Å²) in [7, 11) is -3.12. The van der Waals surface area contributed by atoms with Crippen LogP contribution in [0.25, 0.3) is 10.6 Å². The zero-order valence-electron chi connectivity index (χ0n) is 11.7. The molecule has 6 nitrogen and oxygen atoms in total. The van der Waals surface area contributed by atoms with Crippen molar-refractivity contribution < 1.29 is 18.3 Å². The Labute approximate surface area is 127 Å². The number of sulfone groups is 1. The third-order valence-electron chi connectivity index (χ3n) is 2.93. The van der Waals surface area contributed by atoms with Crippen LogP contribution in [0.3, 0.4) is 0 Å². The van der Waals surface area contributed by atoms with E-state index in [9.17, 15) is 18.3 Å². The standard InChI is InChI=1S/C13H16N2O4S2/c1-3-9-4-5-11(20-9)12-10(13(16)17)8-15(14-12)6-7-21(2,18)19/h4-5,8H,3,6-7H2,1-2H3,(H,16,17). The van der Waals surface area contributed by atoms with Crippen LogP contribution in [0, 0.1) is 0 Å². The number of rotatable bonds is 6. The molecule has 0 unspecified atom stereocenters. The Balaban J connectivity index is 2.35. The molecule has 1 N–H and O–H groups in total. The summed E-state index contributed by atoms with van der Waals surface area (Å²) in [6.07, 6.45) is 3.40. The Morgan fingerprint density at radius 2 is 2.14 bits per heavy atom. The number of aryl methyl sites for hydroxylation is 2. The molecule has 2 rings (SSSR count). The number of thiophene rings is 1. The van der Waals surface area contributed by atoms with Crippen molar-refractivity contribution in [2.45, 2.75) is 19.9 Å². The number of hydrogen-bond acceptors (Lipinski definition) is 5. The molecular weight excluding hydrogens is 312 g/mol. The lowest BCUT2D eigenvalue weighted by Crippen LogP contribution is -2.11. The van der Waals surface area contributed by atoms with Gasteiger partial charge in [0, 0.05) is 17.3 Å². The van der Waals surface area contributed by atoms with Gasteiger partial charge in [-0.1, -0.05) is 6.92 Å². The Morgan fingerprint density at radius 1 is 1.43 bits per heavy atom. The maximum absolute atomic E-state index is 11.3. The fourth-order valence-electron chi connectivity index (χ4n) is 1.83. The molecule has 0 bridgehead atoms. The second-order valence-corrected chi connectivity index (χ2v) is 8.14. The van der Waals surface area contributed by atoms with Crippen LogP contribution in [-0.4, -0.2) is 41.3 Å². The summed E-state index contributed by atoms with van der Waals surface area (Å²) in [6, 6.07) is 3.79. The first-order chi connectivity index (χ1) is 9.80. The van der Waals surface area contributed by atoms with E-state index in [1.807, 2.05) is 19.1 Å². The first kappa shape index (κ1) is 15.7. The van der Waals surface area contributed by atoms with E-state index in [0.29, 0.717) is 5.69 Å². The molecule has 21 heavy (non-hydrogen) atoms. The van der Waals surface area contributed by atoms with Gasteiger partial charge in [-0.05, 0) is 18.6 Å². The zero-order chi connectivity index (χ0) is 15.6. The van der Waals surface area contributed by atoms with Crippen LogP contribution < -0.4 is 0 Å². The molecule has 0 saturated heterocycles. The minimum Gasteiger partial charge on any atom is -0.478 e. The van der Waals surface area contributed by atoms with Crippen molar-refractivity contribution in [2.24, 2.45) is 0 Å². The number of hydrogen-bond donors (Lipinski definition) is 1. The predicted octanol–water partition coefficient (Wildman–Crippen LogP) is 1.92. The number of aromatic carboxylic acids is 1. The van der Waals surface area contributed by atoms with Crippen LogP contribution in [0.15, 0.2) is 18.3 Å². The lowest BCUT2D eigenvalue weighted by atomic mass is 10.2. The third-order valence-corrected chi connectivity index (χ3v) is 5.09. The molecule has 114 valence electrons. The molecule has 0 fully saturated rings. The number of carbonyl (C=O) groups is 1. The van der Waals surface area contributed by atoms with E-state index >= 15 is 0 Å². The highest BCUT2D eigenvalue weighted by Gasteiger charge is 2.19. The Bertz CT molecular complexity index is 759. The summed E-state index contributed by atoms with van der Waals surface area (Å²) in [5.41, 5.74) is 0.480. The van der Waals surface area contributed by atoms with Gasteiger partial charge in [0.2, 0.25) is 0 Å². The van der Waals surface area contributed by atoms with Gasteiger partial charge in [-0.15, -0.1) is 11.3 Å². The van der Waals surface area contributed by atoms with Crippen LogP contribution in [0.1, 0.15) is 22.2 Å². The van der Waals surface area contributed by atoms with Gasteiger partial charge in [-0.3, -0.25) is 4.68 Å². The fourth-order valence-corrected chi connectivity index (χ4v) is 3.29. The zero-order valence-corrected chi connectivity index (χ0v) is 13.4. The highest BCUT2D eigenvalue weighted by atomic mass is 32.2. The van der Waals surface area contributed by atoms with Crippen molar-refractivity contribution in [3.05, 3.63) is 28.8 Å². The molecule has 2 aromatic rings. The molecule has 0 radical (unpaired) electrons. The van der Waals surface area contributed by atoms with E-state index < -0.39 is 15.8 Å². The summed E-state index contributed by atoms with van der Waals surface area (Å²) >= 11 is 1.50. The quantitative estimate of drug-likeness (QED) is 0.875. The predicted molar refractivity (Wildman–Crippen MR) is 81.6 cm³/mol. The molecule has 0 saturated carbocycles. The Morgan fingerprint density at radius 3 is 2.67 bits per heavy atom. The maximum atomic E-state index is 11.3. The lowest BCUT2D eigenvalue weighted by Gasteiger charge is -1.98. The van der Waals surface area contributed by atoms with Gasteiger partial charge in [0.15, 0.2) is 0 Å². The molecule has 8 heteroatoms. The van der Waals surface area contributed by atoms with Gasteiger partial charge in [-0.25, -0.2) is 13.2 Å². The van der Waals surface area contributed by atoms with Crippen molar-refractivity contribution in [1.29, 1.82) is 0 Å². The first-order valence-electron chi connectivity index (χ1n) is 6.37. The van der Waals surface area contributed by atoms with Gasteiger partial charge in [0.25, 0.3) is 0 Å². The summed E-state index contributed by atoms with van der Waals surface area (Å²) in [6.45, 7) is 2.17. The van der Waals surface area contributed by atoms with E-state index in [0.717, 1.165) is 22.4 Å². The van der Waals surface area contributed by atoms with E-state index in [1.54, 1.807) is 0 Å². The average Bonchev–Trinajstić information content (AvgIpc) is 3.01. The van der Waals surface area contributed by atoms with Crippen molar-refractivity contribution in [3.8, 4) is 10.6 Å². The van der Waals surface area contributed by atoms with Crippen LogP contribution in [-0.2, 0) is 22.8 Å². The monoisotopic (exact) mass is 328 g/mol. The van der Waals surface area contributed by atoms with Crippen LogP contribution in [0.2, 0.25) is 0 Å². The summed E-state index contributed by atoms with van der Waals surface area (Å²) in [5, 5.41) is 13.5. The maximum Gasteiger partial charge on any atom is 0.339 e. The molecule has 0 aliphatic carbocycles. The number of carboxylic acids is 1. The van der Waals surface area contributed by atoms with Gasteiger partial charge >= 0.3 is 5.97 Å². The second kappa shape index (κ2) is 5.98. The summed E-state index contributed by atoms with van der Waals surface area (Å²) in [5.74, 6) is -1.14. The normalized spacial score (nSPS) is 11.7. The third kappa shape index (κ3) is 3.92. The van der Waals surface area contributed by atoms with Crippen LogP contribution in [0.4, 0.5) is 0 Å². The highest BCUT2D eigenvalue weighted by molar-refractivity contribution is 7.90. The molecule has 0 amide bonds. The number of carboxylic acid groups (broad SMARTS) is 1. The number of aromatic nitrogens is 2. The van der Waals surface area contributed by atoms with Gasteiger partial charge in [0.1, 0.15) is 21.1 Å². The largest absolute Gasteiger partial charge is 0.478 e. The van der Waals surface area contributed by atoms with E-state index in [4.69, 9.17) is 0 Å². The topological polar surface area (TPSA) is 89.3 Å². The molecule has 0 atom stereocenters. The van der Waals surface area contributed by atoms with Crippen LogP contribution in [0.5, 0.6) is 0 Å². The van der Waals surface area contributed by atoms with Crippen LogP contribution >= 0.6 is 11.3 Å².